The molecular weight excluding hydrogens is 515 g/mol. The van der Waals surface area contributed by atoms with Crippen LogP contribution in [0.25, 0.3) is 0 Å². The number of hydrogen-bond acceptors (Lipinski definition) is 5. The Balaban J connectivity index is 1.44. The molecule has 0 aromatic heterocycles. The van der Waals surface area contributed by atoms with E-state index in [1.165, 1.54) is 30.3 Å². The number of piperidine rings is 1. The molecule has 2 N–H and O–H groups in total. The molecule has 1 aliphatic heterocycles. The second kappa shape index (κ2) is 10.7. The Hall–Kier alpha value is -2.92. The maximum absolute atomic E-state index is 13.8. The van der Waals surface area contributed by atoms with E-state index in [-0.39, 0.29) is 10.9 Å². The molecule has 0 amide bonds. The van der Waals surface area contributed by atoms with E-state index in [2.05, 4.69) is 43.0 Å². The van der Waals surface area contributed by atoms with Crippen LogP contribution in [-0.2, 0) is 22.8 Å². The molecule has 38 heavy (non-hydrogen) atoms. The molecule has 0 saturated carbocycles. The molecule has 3 aromatic rings. The van der Waals surface area contributed by atoms with Crippen molar-refractivity contribution in [2.24, 2.45) is 4.36 Å². The van der Waals surface area contributed by atoms with Gasteiger partial charge in [0.1, 0.15) is 21.9 Å². The van der Waals surface area contributed by atoms with Gasteiger partial charge in [0.25, 0.3) is 0 Å². The van der Waals surface area contributed by atoms with E-state index in [1.807, 2.05) is 24.3 Å². The first-order chi connectivity index (χ1) is 18.2. The summed E-state index contributed by atoms with van der Waals surface area (Å²) in [4.78, 5) is 2.27. The van der Waals surface area contributed by atoms with Crippen LogP contribution >= 0.6 is 0 Å². The number of ether oxygens (including phenoxy) is 1. The quantitative estimate of drug-likeness (QED) is 0.461. The third-order valence-corrected chi connectivity index (χ3v) is 9.32. The van der Waals surface area contributed by atoms with Gasteiger partial charge in [-0.15, -0.1) is 13.2 Å². The Morgan fingerprint density at radius 2 is 1.55 bits per heavy atom. The predicted octanol–water partition coefficient (Wildman–Crippen LogP) is 5.22. The SMILES string of the molecule is CN=S(=O)(NC1CCCN(C2c3ccccc3CCc3ccccc32)C1O)c1ccc(OC(F)(F)F)cc1. The Kier molecular flexibility index (Phi) is 7.50. The van der Waals surface area contributed by atoms with Crippen molar-refractivity contribution >= 4 is 9.92 Å². The van der Waals surface area contributed by atoms with E-state index >= 15 is 0 Å². The van der Waals surface area contributed by atoms with Gasteiger partial charge in [0.05, 0.1) is 17.0 Å². The van der Waals surface area contributed by atoms with Crippen LogP contribution in [0.5, 0.6) is 5.75 Å². The van der Waals surface area contributed by atoms with Gasteiger partial charge >= 0.3 is 6.36 Å². The van der Waals surface area contributed by atoms with E-state index in [1.54, 1.807) is 0 Å². The molecule has 6 nitrogen and oxygen atoms in total. The first kappa shape index (κ1) is 26.7. The van der Waals surface area contributed by atoms with Crippen molar-refractivity contribution in [3.63, 3.8) is 0 Å². The van der Waals surface area contributed by atoms with Gasteiger partial charge in [-0.05, 0) is 72.2 Å². The van der Waals surface area contributed by atoms with E-state index in [0.717, 1.165) is 42.5 Å². The van der Waals surface area contributed by atoms with Gasteiger partial charge in [-0.2, -0.15) is 0 Å². The number of hydrogen-bond donors (Lipinski definition) is 2. The minimum atomic E-state index is -4.82. The zero-order valence-corrected chi connectivity index (χ0v) is 21.7. The third kappa shape index (κ3) is 5.44. The summed E-state index contributed by atoms with van der Waals surface area (Å²) in [5.74, 6) is -0.409. The fourth-order valence-electron chi connectivity index (χ4n) is 5.52. The highest BCUT2D eigenvalue weighted by Gasteiger charge is 2.39. The van der Waals surface area contributed by atoms with E-state index < -0.39 is 34.3 Å². The number of nitrogens with one attached hydrogen (secondary N) is 1. The van der Waals surface area contributed by atoms with Gasteiger partial charge in [-0.3, -0.25) is 4.90 Å². The molecule has 5 rings (SSSR count). The molecule has 3 aromatic carbocycles. The second-order valence-electron chi connectivity index (χ2n) is 9.55. The van der Waals surface area contributed by atoms with Gasteiger partial charge in [0.15, 0.2) is 0 Å². The number of likely N-dealkylation sites (tertiary alicyclic amines) is 1. The average molecular weight is 546 g/mol. The van der Waals surface area contributed by atoms with Crippen molar-refractivity contribution in [2.75, 3.05) is 13.6 Å². The first-order valence-electron chi connectivity index (χ1n) is 12.6. The maximum Gasteiger partial charge on any atom is 0.573 e. The zero-order valence-electron chi connectivity index (χ0n) is 20.9. The largest absolute Gasteiger partial charge is 0.573 e. The molecule has 1 fully saturated rings. The summed E-state index contributed by atoms with van der Waals surface area (Å²) < 4.78 is 62.5. The maximum atomic E-state index is 13.8. The van der Waals surface area contributed by atoms with Crippen molar-refractivity contribution in [3.8, 4) is 5.75 Å². The van der Waals surface area contributed by atoms with Crippen LogP contribution in [0.2, 0.25) is 0 Å². The van der Waals surface area contributed by atoms with Gasteiger partial charge in [0, 0.05) is 13.6 Å². The highest BCUT2D eigenvalue weighted by atomic mass is 32.2. The molecule has 0 radical (unpaired) electrons. The lowest BCUT2D eigenvalue weighted by Gasteiger charge is -2.43. The highest BCUT2D eigenvalue weighted by molar-refractivity contribution is 7.91. The van der Waals surface area contributed by atoms with Gasteiger partial charge in [-0.25, -0.2) is 13.3 Å². The second-order valence-corrected chi connectivity index (χ2v) is 11.7. The predicted molar refractivity (Wildman–Crippen MR) is 139 cm³/mol. The molecule has 1 aliphatic carbocycles. The topological polar surface area (TPSA) is 74.2 Å². The number of rotatable bonds is 5. The Morgan fingerprint density at radius 1 is 0.974 bits per heavy atom. The summed E-state index contributed by atoms with van der Waals surface area (Å²) >= 11 is 0. The van der Waals surface area contributed by atoms with Crippen LogP contribution in [0.1, 0.15) is 41.1 Å². The summed E-state index contributed by atoms with van der Waals surface area (Å²) in [5.41, 5.74) is 4.78. The van der Waals surface area contributed by atoms with E-state index in [0.29, 0.717) is 13.0 Å². The number of aryl methyl sites for hydroxylation is 2. The number of fused-ring (bicyclic) bond motifs is 2. The van der Waals surface area contributed by atoms with Crippen LogP contribution in [-0.4, -0.2) is 46.4 Å². The zero-order chi connectivity index (χ0) is 26.9. The molecular formula is C28H30F3N3O3S. The van der Waals surface area contributed by atoms with Crippen molar-refractivity contribution in [1.82, 2.24) is 9.62 Å². The fourth-order valence-corrected chi connectivity index (χ4v) is 7.12. The first-order valence-corrected chi connectivity index (χ1v) is 14.1. The standard InChI is InChI=1S/C28H30F3N3O3S/c1-32-38(36,22-16-14-21(15-17-22)37-28(29,30)31)33-25-11-6-18-34(27(25)35)26-23-9-4-2-7-19(23)12-13-20-8-3-5-10-24(20)26/h2-5,7-10,14-17,25-27,35H,6,11-13,18H2,1H3,(H,32,33,36). The third-order valence-electron chi connectivity index (χ3n) is 7.27. The summed E-state index contributed by atoms with van der Waals surface area (Å²) in [6.07, 6.45) is -2.65. The summed E-state index contributed by atoms with van der Waals surface area (Å²) in [6, 6.07) is 20.7. The van der Waals surface area contributed by atoms with Crippen LogP contribution in [0, 0.1) is 0 Å². The summed E-state index contributed by atoms with van der Waals surface area (Å²) in [5, 5.41) is 11.7. The Bertz CT molecular complexity index is 1360. The highest BCUT2D eigenvalue weighted by Crippen LogP contribution is 2.39. The number of aliphatic hydroxyl groups is 1. The minimum absolute atomic E-state index is 0.169. The smallest absolute Gasteiger partial charge is 0.406 e. The summed E-state index contributed by atoms with van der Waals surface area (Å²) in [6.45, 7) is 0.653. The number of halogens is 3. The van der Waals surface area contributed by atoms with Gasteiger partial charge < -0.3 is 9.84 Å². The van der Waals surface area contributed by atoms with E-state index in [4.69, 9.17) is 0 Å². The number of benzene rings is 3. The lowest BCUT2D eigenvalue weighted by Crippen LogP contribution is -2.56. The van der Waals surface area contributed by atoms with Gasteiger partial charge in [-0.1, -0.05) is 48.5 Å². The Morgan fingerprint density at radius 3 is 2.11 bits per heavy atom. The number of aliphatic hydroxyl groups excluding tert-OH is 1. The van der Waals surface area contributed by atoms with Gasteiger partial charge in [0.2, 0.25) is 0 Å². The lowest BCUT2D eigenvalue weighted by atomic mass is 9.90. The van der Waals surface area contributed by atoms with Crippen molar-refractivity contribution < 1.29 is 27.2 Å². The molecule has 3 unspecified atom stereocenters. The molecule has 0 bridgehead atoms. The average Bonchev–Trinajstić information content (AvgIpc) is 3.06. The van der Waals surface area contributed by atoms with Crippen LogP contribution in [0.3, 0.4) is 0 Å². The molecule has 1 heterocycles. The monoisotopic (exact) mass is 545 g/mol. The van der Waals surface area contributed by atoms with Crippen molar-refractivity contribution in [1.29, 1.82) is 0 Å². The van der Waals surface area contributed by atoms with Crippen LogP contribution < -0.4 is 9.46 Å². The van der Waals surface area contributed by atoms with Crippen molar-refractivity contribution in [3.05, 3.63) is 95.1 Å². The molecule has 10 heteroatoms. The Labute approximate surface area is 220 Å². The molecule has 2 aliphatic rings. The van der Waals surface area contributed by atoms with E-state index in [9.17, 15) is 22.5 Å². The molecule has 202 valence electrons. The molecule has 3 atom stereocenters. The number of nitrogens with zero attached hydrogens (tertiary/aromatic N) is 2. The fraction of sp³-hybridized carbons (Fsp3) is 0.357. The molecule has 1 saturated heterocycles. The number of alkyl halides is 3. The van der Waals surface area contributed by atoms with Crippen LogP contribution in [0.15, 0.2) is 82.1 Å². The lowest BCUT2D eigenvalue weighted by molar-refractivity contribution is -0.274. The summed E-state index contributed by atoms with van der Waals surface area (Å²) in [7, 11) is -1.84. The normalized spacial score (nSPS) is 22.0. The molecule has 0 spiro atoms. The minimum Gasteiger partial charge on any atom is -0.406 e. The van der Waals surface area contributed by atoms with Crippen molar-refractivity contribution in [2.45, 2.75) is 55.3 Å². The van der Waals surface area contributed by atoms with Crippen LogP contribution in [0.4, 0.5) is 13.2 Å².